The first-order chi connectivity index (χ1) is 15.1. The third-order valence-electron chi connectivity index (χ3n) is 6.57. The summed E-state index contributed by atoms with van der Waals surface area (Å²) < 4.78 is 20.0. The Morgan fingerprint density at radius 3 is 2.50 bits per heavy atom. The van der Waals surface area contributed by atoms with Gasteiger partial charge in [0.25, 0.3) is 0 Å². The molecule has 1 N–H and O–H groups in total. The van der Waals surface area contributed by atoms with Gasteiger partial charge in [-0.15, -0.1) is 0 Å². The highest BCUT2D eigenvalue weighted by atomic mass is 19.1. The first-order valence-electron chi connectivity index (χ1n) is 11.4. The van der Waals surface area contributed by atoms with E-state index in [1.165, 1.54) is 5.56 Å². The zero-order valence-electron chi connectivity index (χ0n) is 19.7. The van der Waals surface area contributed by atoms with Crippen molar-refractivity contribution >= 4 is 11.8 Å². The number of carbonyl (C=O) groups excluding carboxylic acids is 1. The molecule has 172 valence electrons. The van der Waals surface area contributed by atoms with Gasteiger partial charge in [0.15, 0.2) is 0 Å². The second-order valence-corrected chi connectivity index (χ2v) is 10.2. The summed E-state index contributed by atoms with van der Waals surface area (Å²) in [6.07, 6.45) is 1.46. The largest absolute Gasteiger partial charge is 0.444 e. The highest BCUT2D eigenvalue weighted by Crippen LogP contribution is 2.42. The topological polar surface area (TPSA) is 44.8 Å². The number of likely N-dealkylation sites (N-methyl/N-ethyl adjacent to an activating group) is 1. The number of hydrogen-bond donors (Lipinski definition) is 1. The van der Waals surface area contributed by atoms with Crippen molar-refractivity contribution in [2.24, 2.45) is 0 Å². The predicted octanol–water partition coefficient (Wildman–Crippen LogP) is 5.19. The van der Waals surface area contributed by atoms with Crippen molar-refractivity contribution in [2.75, 3.05) is 32.5 Å². The molecule has 4 rings (SSSR count). The Bertz CT molecular complexity index is 968. The molecule has 32 heavy (non-hydrogen) atoms. The van der Waals surface area contributed by atoms with Gasteiger partial charge in [0.1, 0.15) is 11.4 Å². The van der Waals surface area contributed by atoms with Crippen molar-refractivity contribution in [3.05, 3.63) is 65.0 Å². The number of aryl methyl sites for hydroxylation is 1. The molecule has 0 radical (unpaired) electrons. The standard InChI is InChI=1S/C26H34FN3O2/c1-26(2,3)32-25(31)28-19-12-9-17(10-13-19)20-15-30(16-23(20)29(4)5)22-14-11-18-7-6-8-21(27)24(18)22/h6-10,12-13,20,22-23H,11,14-16H2,1-5H3,(H,28,31)/t20-,22?,23+/m1/s1. The minimum Gasteiger partial charge on any atom is -0.444 e. The van der Waals surface area contributed by atoms with E-state index >= 15 is 0 Å². The van der Waals surface area contributed by atoms with Crippen LogP contribution in [0.3, 0.4) is 0 Å². The van der Waals surface area contributed by atoms with Crippen LogP contribution in [0.5, 0.6) is 0 Å². The lowest BCUT2D eigenvalue weighted by atomic mass is 9.93. The summed E-state index contributed by atoms with van der Waals surface area (Å²) in [6.45, 7) is 7.33. The number of anilines is 1. The molecule has 1 saturated heterocycles. The van der Waals surface area contributed by atoms with Gasteiger partial charge in [0.2, 0.25) is 0 Å². The van der Waals surface area contributed by atoms with Crippen molar-refractivity contribution in [2.45, 2.75) is 57.2 Å². The number of carbonyl (C=O) groups is 1. The van der Waals surface area contributed by atoms with Crippen LogP contribution in [0.15, 0.2) is 42.5 Å². The maximum atomic E-state index is 14.6. The monoisotopic (exact) mass is 439 g/mol. The Hall–Kier alpha value is -2.44. The summed E-state index contributed by atoms with van der Waals surface area (Å²) in [4.78, 5) is 16.8. The molecule has 1 fully saturated rings. The van der Waals surface area contributed by atoms with Gasteiger partial charge in [0.05, 0.1) is 0 Å². The van der Waals surface area contributed by atoms with Crippen LogP contribution >= 0.6 is 0 Å². The van der Waals surface area contributed by atoms with Gasteiger partial charge in [-0.25, -0.2) is 9.18 Å². The molecule has 1 aliphatic carbocycles. The molecule has 2 aromatic carbocycles. The van der Waals surface area contributed by atoms with E-state index in [1.54, 1.807) is 6.07 Å². The Kier molecular flexibility index (Phi) is 6.28. The van der Waals surface area contributed by atoms with Crippen molar-refractivity contribution in [3.63, 3.8) is 0 Å². The average molecular weight is 440 g/mol. The smallest absolute Gasteiger partial charge is 0.412 e. The lowest BCUT2D eigenvalue weighted by Crippen LogP contribution is -2.35. The van der Waals surface area contributed by atoms with E-state index in [4.69, 9.17) is 4.74 Å². The van der Waals surface area contributed by atoms with E-state index in [1.807, 2.05) is 39.0 Å². The SMILES string of the molecule is CN(C)[C@H]1CN(C2CCc3cccc(F)c32)C[C@@H]1c1ccc(NC(=O)OC(C)(C)C)cc1. The van der Waals surface area contributed by atoms with Crippen molar-refractivity contribution in [1.29, 1.82) is 0 Å². The van der Waals surface area contributed by atoms with Crippen LogP contribution in [0.1, 0.15) is 55.8 Å². The van der Waals surface area contributed by atoms with Crippen LogP contribution < -0.4 is 5.32 Å². The van der Waals surface area contributed by atoms with E-state index in [-0.39, 0.29) is 11.9 Å². The molecule has 0 saturated carbocycles. The zero-order chi connectivity index (χ0) is 23.0. The number of nitrogens with zero attached hydrogens (tertiary/aromatic N) is 2. The molecule has 0 bridgehead atoms. The van der Waals surface area contributed by atoms with Crippen molar-refractivity contribution in [3.8, 4) is 0 Å². The fraction of sp³-hybridized carbons (Fsp3) is 0.500. The van der Waals surface area contributed by atoms with Crippen LogP contribution in [-0.4, -0.2) is 54.7 Å². The fourth-order valence-corrected chi connectivity index (χ4v) is 5.13. The number of halogens is 1. The van der Waals surface area contributed by atoms with Crippen LogP contribution in [0.4, 0.5) is 14.9 Å². The molecule has 5 nitrogen and oxygen atoms in total. The molecule has 6 heteroatoms. The molecular weight excluding hydrogens is 405 g/mol. The molecule has 3 atom stereocenters. The number of ether oxygens (including phenoxy) is 1. The first kappa shape index (κ1) is 22.7. The van der Waals surface area contributed by atoms with Crippen LogP contribution in [0.2, 0.25) is 0 Å². The minimum atomic E-state index is -0.533. The second-order valence-electron chi connectivity index (χ2n) is 10.2. The fourth-order valence-electron chi connectivity index (χ4n) is 5.13. The van der Waals surface area contributed by atoms with Gasteiger partial charge in [-0.1, -0.05) is 24.3 Å². The lowest BCUT2D eigenvalue weighted by Gasteiger charge is -2.26. The lowest BCUT2D eigenvalue weighted by molar-refractivity contribution is 0.0636. The molecule has 0 spiro atoms. The van der Waals surface area contributed by atoms with Crippen LogP contribution in [0, 0.1) is 5.82 Å². The Labute approximate surface area is 190 Å². The van der Waals surface area contributed by atoms with E-state index < -0.39 is 11.7 Å². The third kappa shape index (κ3) is 4.81. The molecule has 1 unspecified atom stereocenters. The molecule has 2 aliphatic rings. The molecule has 2 aromatic rings. The van der Waals surface area contributed by atoms with Gasteiger partial charge in [0, 0.05) is 42.3 Å². The number of likely N-dealkylation sites (tertiary alicyclic amines) is 1. The van der Waals surface area contributed by atoms with Gasteiger partial charge in [-0.05, 0) is 77.0 Å². The van der Waals surface area contributed by atoms with Gasteiger partial charge >= 0.3 is 6.09 Å². The Balaban J connectivity index is 1.49. The highest BCUT2D eigenvalue weighted by molar-refractivity contribution is 5.84. The molecule has 1 aliphatic heterocycles. The Morgan fingerprint density at radius 2 is 1.84 bits per heavy atom. The number of nitrogens with one attached hydrogen (secondary N) is 1. The number of hydrogen-bond acceptors (Lipinski definition) is 4. The predicted molar refractivity (Wildman–Crippen MR) is 126 cm³/mol. The quantitative estimate of drug-likeness (QED) is 0.712. The summed E-state index contributed by atoms with van der Waals surface area (Å²) in [5.74, 6) is 0.240. The van der Waals surface area contributed by atoms with Crippen LogP contribution in [0.25, 0.3) is 0 Å². The summed E-state index contributed by atoms with van der Waals surface area (Å²) >= 11 is 0. The summed E-state index contributed by atoms with van der Waals surface area (Å²) in [5, 5.41) is 2.80. The molecular formula is C26H34FN3O2. The van der Waals surface area contributed by atoms with Crippen molar-refractivity contribution < 1.29 is 13.9 Å². The Morgan fingerprint density at radius 1 is 1.12 bits per heavy atom. The summed E-state index contributed by atoms with van der Waals surface area (Å²) in [6, 6.07) is 14.0. The highest BCUT2D eigenvalue weighted by Gasteiger charge is 2.41. The normalized spacial score (nSPS) is 23.4. The second kappa shape index (κ2) is 8.83. The number of rotatable bonds is 4. The van der Waals surface area contributed by atoms with Gasteiger partial charge in [-0.2, -0.15) is 0 Å². The average Bonchev–Trinajstić information content (AvgIpc) is 3.32. The van der Waals surface area contributed by atoms with Gasteiger partial charge in [-0.3, -0.25) is 10.2 Å². The first-order valence-corrected chi connectivity index (χ1v) is 11.4. The summed E-state index contributed by atoms with van der Waals surface area (Å²) in [5.41, 5.74) is 3.45. The molecule has 1 heterocycles. The number of benzene rings is 2. The molecule has 0 aromatic heterocycles. The maximum absolute atomic E-state index is 14.6. The van der Waals surface area contributed by atoms with E-state index in [2.05, 4.69) is 47.4 Å². The minimum absolute atomic E-state index is 0.0765. The number of amides is 1. The van der Waals surface area contributed by atoms with E-state index in [0.29, 0.717) is 17.6 Å². The molecule has 1 amide bonds. The van der Waals surface area contributed by atoms with E-state index in [9.17, 15) is 9.18 Å². The third-order valence-corrected chi connectivity index (χ3v) is 6.57. The number of fused-ring (bicyclic) bond motifs is 1. The van der Waals surface area contributed by atoms with E-state index in [0.717, 1.165) is 37.1 Å². The maximum Gasteiger partial charge on any atom is 0.412 e. The zero-order valence-corrected chi connectivity index (χ0v) is 19.7. The van der Waals surface area contributed by atoms with Gasteiger partial charge < -0.3 is 9.64 Å². The summed E-state index contributed by atoms with van der Waals surface area (Å²) in [7, 11) is 4.23. The van der Waals surface area contributed by atoms with Crippen LogP contribution in [-0.2, 0) is 11.2 Å². The van der Waals surface area contributed by atoms with Crippen molar-refractivity contribution in [1.82, 2.24) is 9.80 Å².